The number of hydrogen-bond acceptors (Lipinski definition) is 4. The summed E-state index contributed by atoms with van der Waals surface area (Å²) in [7, 11) is -3.44. The molecule has 20 heavy (non-hydrogen) atoms. The van der Waals surface area contributed by atoms with Crippen LogP contribution in [0.1, 0.15) is 25.3 Å². The van der Waals surface area contributed by atoms with Crippen LogP contribution in [0.5, 0.6) is 0 Å². The van der Waals surface area contributed by atoms with Crippen molar-refractivity contribution in [2.24, 2.45) is 0 Å². The van der Waals surface area contributed by atoms with Crippen LogP contribution in [0.3, 0.4) is 0 Å². The van der Waals surface area contributed by atoms with Crippen molar-refractivity contribution in [3.05, 3.63) is 30.1 Å². The summed E-state index contributed by atoms with van der Waals surface area (Å²) in [6, 6.07) is 3.51. The minimum absolute atomic E-state index is 0.147. The number of rotatable bonds is 8. The number of hydrogen-bond donors (Lipinski definition) is 1. The number of carbonyl (C=O) groups excluding carboxylic acids is 1. The molecular formula is C13H21N3O3S. The van der Waals surface area contributed by atoms with Crippen molar-refractivity contribution in [1.82, 2.24) is 14.6 Å². The molecule has 1 aromatic rings. The van der Waals surface area contributed by atoms with Gasteiger partial charge in [0, 0.05) is 25.5 Å². The molecule has 112 valence electrons. The topological polar surface area (TPSA) is 79.4 Å². The lowest BCUT2D eigenvalue weighted by molar-refractivity contribution is -0.121. The fourth-order valence-electron chi connectivity index (χ4n) is 1.61. The third-order valence-corrected chi connectivity index (χ3v) is 3.92. The van der Waals surface area contributed by atoms with Gasteiger partial charge in [-0.1, -0.05) is 19.4 Å². The quantitative estimate of drug-likeness (QED) is 0.719. The summed E-state index contributed by atoms with van der Waals surface area (Å²) in [5.74, 6) is -0.284. The van der Waals surface area contributed by atoms with Crippen LogP contribution in [0.25, 0.3) is 0 Å². The molecule has 1 aromatic heterocycles. The Morgan fingerprint density at radius 3 is 2.75 bits per heavy atom. The van der Waals surface area contributed by atoms with Crippen molar-refractivity contribution in [3.63, 3.8) is 0 Å². The summed E-state index contributed by atoms with van der Waals surface area (Å²) in [6.45, 7) is 2.57. The Morgan fingerprint density at radius 1 is 1.45 bits per heavy atom. The first-order valence-corrected chi connectivity index (χ1v) is 8.39. The highest BCUT2D eigenvalue weighted by atomic mass is 32.2. The Kier molecular flexibility index (Phi) is 6.60. The van der Waals surface area contributed by atoms with Crippen LogP contribution in [0.2, 0.25) is 0 Å². The molecule has 0 aliphatic rings. The number of aromatic nitrogens is 1. The molecule has 0 fully saturated rings. The Bertz CT molecular complexity index is 517. The monoisotopic (exact) mass is 299 g/mol. The zero-order chi connectivity index (χ0) is 15.0. The average Bonchev–Trinajstić information content (AvgIpc) is 2.38. The van der Waals surface area contributed by atoms with Crippen LogP contribution in [0.4, 0.5) is 0 Å². The Balaban J connectivity index is 2.64. The fourth-order valence-corrected chi connectivity index (χ4v) is 2.34. The number of unbranched alkanes of at least 4 members (excludes halogenated alkanes) is 1. The first kappa shape index (κ1) is 16.6. The number of sulfonamides is 1. The Hall–Kier alpha value is -1.47. The Morgan fingerprint density at radius 2 is 2.20 bits per heavy atom. The van der Waals surface area contributed by atoms with Gasteiger partial charge in [0.2, 0.25) is 15.9 Å². The van der Waals surface area contributed by atoms with Gasteiger partial charge < -0.3 is 5.32 Å². The summed E-state index contributed by atoms with van der Waals surface area (Å²) < 4.78 is 24.6. The number of pyridine rings is 1. The van der Waals surface area contributed by atoms with Crippen LogP contribution in [0.15, 0.2) is 24.5 Å². The van der Waals surface area contributed by atoms with E-state index in [0.29, 0.717) is 6.54 Å². The maximum atomic E-state index is 11.7. The van der Waals surface area contributed by atoms with Gasteiger partial charge in [-0.25, -0.2) is 8.42 Å². The van der Waals surface area contributed by atoms with Crippen LogP contribution >= 0.6 is 0 Å². The number of carbonyl (C=O) groups is 1. The van der Waals surface area contributed by atoms with Gasteiger partial charge in [-0.05, 0) is 18.1 Å². The number of nitrogens with one attached hydrogen (secondary N) is 1. The van der Waals surface area contributed by atoms with Gasteiger partial charge in [-0.3, -0.25) is 9.78 Å². The molecule has 7 heteroatoms. The molecular weight excluding hydrogens is 278 g/mol. The molecule has 1 heterocycles. The summed E-state index contributed by atoms with van der Waals surface area (Å²) in [5, 5.41) is 2.71. The van der Waals surface area contributed by atoms with Gasteiger partial charge in [0.15, 0.2) is 0 Å². The highest BCUT2D eigenvalue weighted by Crippen LogP contribution is 2.06. The molecule has 0 unspecified atom stereocenters. The van der Waals surface area contributed by atoms with Gasteiger partial charge in [-0.2, -0.15) is 4.31 Å². The van der Waals surface area contributed by atoms with Gasteiger partial charge in [0.1, 0.15) is 0 Å². The second-order valence-corrected chi connectivity index (χ2v) is 6.58. The van der Waals surface area contributed by atoms with E-state index in [0.717, 1.165) is 29.0 Å². The molecule has 0 saturated carbocycles. The molecule has 6 nitrogen and oxygen atoms in total. The van der Waals surface area contributed by atoms with Crippen molar-refractivity contribution < 1.29 is 13.2 Å². The van der Waals surface area contributed by atoms with E-state index in [9.17, 15) is 13.2 Å². The SMILES string of the molecule is CCCCNC(=O)CN(Cc1cccnc1)S(C)(=O)=O. The number of amides is 1. The fraction of sp³-hybridized carbons (Fsp3) is 0.538. The first-order chi connectivity index (χ1) is 9.43. The highest BCUT2D eigenvalue weighted by molar-refractivity contribution is 7.88. The molecule has 0 saturated heterocycles. The average molecular weight is 299 g/mol. The van der Waals surface area contributed by atoms with E-state index in [1.54, 1.807) is 24.5 Å². The summed E-state index contributed by atoms with van der Waals surface area (Å²) in [6.07, 6.45) is 6.17. The van der Waals surface area contributed by atoms with E-state index in [4.69, 9.17) is 0 Å². The van der Waals surface area contributed by atoms with Gasteiger partial charge in [0.25, 0.3) is 0 Å². The molecule has 0 aliphatic heterocycles. The van der Waals surface area contributed by atoms with Crippen LogP contribution in [-0.2, 0) is 21.4 Å². The molecule has 1 N–H and O–H groups in total. The number of nitrogens with zero attached hydrogens (tertiary/aromatic N) is 2. The maximum absolute atomic E-state index is 11.7. The standard InChI is InChI=1S/C13H21N3O3S/c1-3-4-8-15-13(17)11-16(20(2,18)19)10-12-6-5-7-14-9-12/h5-7,9H,3-4,8,10-11H2,1-2H3,(H,15,17). The molecule has 0 atom stereocenters. The minimum atomic E-state index is -3.44. The smallest absolute Gasteiger partial charge is 0.235 e. The third-order valence-electron chi connectivity index (χ3n) is 2.72. The van der Waals surface area contributed by atoms with E-state index in [1.807, 2.05) is 6.92 Å². The van der Waals surface area contributed by atoms with Crippen molar-refractivity contribution in [3.8, 4) is 0 Å². The maximum Gasteiger partial charge on any atom is 0.235 e. The van der Waals surface area contributed by atoms with Crippen LogP contribution in [0, 0.1) is 0 Å². The molecule has 1 rings (SSSR count). The van der Waals surface area contributed by atoms with Crippen LogP contribution in [-0.4, -0.2) is 43.0 Å². The molecule has 0 bridgehead atoms. The molecule has 0 spiro atoms. The normalized spacial score (nSPS) is 11.6. The van der Waals surface area contributed by atoms with E-state index in [1.165, 1.54) is 0 Å². The highest BCUT2D eigenvalue weighted by Gasteiger charge is 2.20. The predicted octanol–water partition coefficient (Wildman–Crippen LogP) is 0.760. The zero-order valence-corrected chi connectivity index (χ0v) is 12.7. The van der Waals surface area contributed by atoms with E-state index in [2.05, 4.69) is 10.3 Å². The lowest BCUT2D eigenvalue weighted by Gasteiger charge is -2.19. The molecule has 0 aliphatic carbocycles. The third kappa shape index (κ3) is 6.12. The summed E-state index contributed by atoms with van der Waals surface area (Å²) in [4.78, 5) is 15.7. The molecule has 1 amide bonds. The van der Waals surface area contributed by atoms with Crippen LogP contribution < -0.4 is 5.32 Å². The van der Waals surface area contributed by atoms with E-state index in [-0.39, 0.29) is 19.0 Å². The van der Waals surface area contributed by atoms with Crippen molar-refractivity contribution in [1.29, 1.82) is 0 Å². The van der Waals surface area contributed by atoms with E-state index < -0.39 is 10.0 Å². The van der Waals surface area contributed by atoms with E-state index >= 15 is 0 Å². The Labute approximate surface area is 120 Å². The molecule has 0 aromatic carbocycles. The minimum Gasteiger partial charge on any atom is -0.355 e. The largest absolute Gasteiger partial charge is 0.355 e. The summed E-state index contributed by atoms with van der Waals surface area (Å²) >= 11 is 0. The summed E-state index contributed by atoms with van der Waals surface area (Å²) in [5.41, 5.74) is 0.749. The van der Waals surface area contributed by atoms with Gasteiger partial charge >= 0.3 is 0 Å². The second-order valence-electron chi connectivity index (χ2n) is 4.60. The van der Waals surface area contributed by atoms with Crippen molar-refractivity contribution >= 4 is 15.9 Å². The molecule has 0 radical (unpaired) electrons. The van der Waals surface area contributed by atoms with Crippen molar-refractivity contribution in [2.75, 3.05) is 19.3 Å². The van der Waals surface area contributed by atoms with Crippen molar-refractivity contribution in [2.45, 2.75) is 26.3 Å². The second kappa shape index (κ2) is 7.96. The lowest BCUT2D eigenvalue weighted by atomic mass is 10.3. The first-order valence-electron chi connectivity index (χ1n) is 6.54. The predicted molar refractivity (Wildman–Crippen MR) is 77.4 cm³/mol. The van der Waals surface area contributed by atoms with Gasteiger partial charge in [-0.15, -0.1) is 0 Å². The lowest BCUT2D eigenvalue weighted by Crippen LogP contribution is -2.40. The zero-order valence-electron chi connectivity index (χ0n) is 11.9. The van der Waals surface area contributed by atoms with Gasteiger partial charge in [0.05, 0.1) is 12.8 Å².